The first-order chi connectivity index (χ1) is 28.1. The normalized spacial score (nSPS) is 15.3. The summed E-state index contributed by atoms with van der Waals surface area (Å²) in [5, 5.41) is 28.3. The lowest BCUT2D eigenvalue weighted by atomic mass is 10.1. The molecule has 0 aliphatic carbocycles. The molecular weight excluding hydrogens is 759 g/mol. The number of allylic oxidation sites excluding steroid dienone is 14. The van der Waals surface area contributed by atoms with Gasteiger partial charge in [0.25, 0.3) is 0 Å². The number of carbonyl (C=O) groups excluding carboxylic acids is 2. The summed E-state index contributed by atoms with van der Waals surface area (Å²) >= 11 is 0. The predicted octanol–water partition coefficient (Wildman–Crippen LogP) is 10.2. The molecule has 0 aromatic rings. The molecule has 0 amide bonds. The van der Waals surface area contributed by atoms with Crippen LogP contribution < -0.4 is 0 Å². The van der Waals surface area contributed by atoms with Crippen LogP contribution in [0.3, 0.4) is 0 Å². The highest BCUT2D eigenvalue weighted by molar-refractivity contribution is 7.47. The first-order valence-electron chi connectivity index (χ1n) is 21.3. The Morgan fingerprint density at radius 3 is 1.78 bits per heavy atom. The average molecular weight is 835 g/mol. The fourth-order valence-corrected chi connectivity index (χ4v) is 5.80. The molecule has 0 bridgehead atoms. The van der Waals surface area contributed by atoms with E-state index in [-0.39, 0.29) is 19.4 Å². The molecule has 58 heavy (non-hydrogen) atoms. The minimum absolute atomic E-state index is 0.0821. The number of ether oxygens (including phenoxy) is 2. The maximum atomic E-state index is 12.6. The van der Waals surface area contributed by atoms with Crippen LogP contribution in [0, 0.1) is 0 Å². The topological polar surface area (TPSA) is 169 Å². The van der Waals surface area contributed by atoms with Crippen LogP contribution in [0.15, 0.2) is 97.2 Å². The van der Waals surface area contributed by atoms with Gasteiger partial charge in [-0.15, -0.1) is 0 Å². The lowest BCUT2D eigenvalue weighted by Crippen LogP contribution is -2.29. The quantitative estimate of drug-likeness (QED) is 0.0154. The standard InChI is InChI=1S/C46H75O11P/c1-3-5-7-9-11-12-13-14-15-16-17-18-19-20-25-29-33-37-46(51)57-44(41-56-58(52,53)55-39-43(49)38-47)40-54-45(50)36-32-28-24-22-21-23-27-31-35-42(48)34-30-26-10-8-6-4-2/h6,8,14-15,17-18,20,22-27,30-31,35,42-44,47-49H,3-5,7,9-13,16,19,21,28-29,32-34,36-41H2,1-2H3,(H,52,53)/b8-6-,15-14-,18-17-,24-22-,25-20-,27-23-,30-26-,35-31+/t42?,43-,44+/m0/s1. The molecule has 0 radical (unpaired) electrons. The van der Waals surface area contributed by atoms with Crippen molar-refractivity contribution in [1.82, 2.24) is 0 Å². The zero-order valence-corrected chi connectivity index (χ0v) is 36.2. The van der Waals surface area contributed by atoms with E-state index in [9.17, 15) is 29.3 Å². The lowest BCUT2D eigenvalue weighted by molar-refractivity contribution is -0.161. The third-order valence-corrected chi connectivity index (χ3v) is 9.25. The van der Waals surface area contributed by atoms with Crippen LogP contribution in [0.25, 0.3) is 0 Å². The summed E-state index contributed by atoms with van der Waals surface area (Å²) in [6.07, 6.45) is 45.6. The molecule has 12 heteroatoms. The van der Waals surface area contributed by atoms with Crippen molar-refractivity contribution in [3.63, 3.8) is 0 Å². The number of aliphatic hydroxyl groups is 3. The summed E-state index contributed by atoms with van der Waals surface area (Å²) in [6, 6.07) is 0. The SMILES string of the molecule is CC/C=C\C/C=C\CC(O)/C=C/C=C\C/C=C\CCCC(=O)OC[C@H](COP(=O)(O)OC[C@@H](O)CO)OC(=O)CCC/C=C\C/C=C\C/C=C\CCCCCCCC. The maximum Gasteiger partial charge on any atom is 0.472 e. The Kier molecular flexibility index (Phi) is 38.4. The van der Waals surface area contributed by atoms with Gasteiger partial charge in [0.15, 0.2) is 6.10 Å². The van der Waals surface area contributed by atoms with E-state index >= 15 is 0 Å². The van der Waals surface area contributed by atoms with Gasteiger partial charge in [-0.05, 0) is 77.0 Å². The summed E-state index contributed by atoms with van der Waals surface area (Å²) in [5.41, 5.74) is 0. The largest absolute Gasteiger partial charge is 0.472 e. The van der Waals surface area contributed by atoms with Crippen molar-refractivity contribution in [1.29, 1.82) is 0 Å². The minimum Gasteiger partial charge on any atom is -0.462 e. The van der Waals surface area contributed by atoms with E-state index < -0.39 is 57.9 Å². The number of esters is 2. The first-order valence-corrected chi connectivity index (χ1v) is 22.8. The average Bonchev–Trinajstić information content (AvgIpc) is 3.21. The van der Waals surface area contributed by atoms with Gasteiger partial charge in [-0.2, -0.15) is 0 Å². The second-order valence-electron chi connectivity index (χ2n) is 13.8. The summed E-state index contributed by atoms with van der Waals surface area (Å²) in [7, 11) is -4.66. The van der Waals surface area contributed by atoms with Crippen molar-refractivity contribution >= 4 is 19.8 Å². The zero-order valence-electron chi connectivity index (χ0n) is 35.3. The van der Waals surface area contributed by atoms with Crippen LogP contribution in [0.1, 0.15) is 136 Å². The van der Waals surface area contributed by atoms with Crippen LogP contribution in [0.4, 0.5) is 0 Å². The van der Waals surface area contributed by atoms with E-state index in [2.05, 4.69) is 54.8 Å². The second-order valence-corrected chi connectivity index (χ2v) is 15.3. The van der Waals surface area contributed by atoms with Gasteiger partial charge in [0, 0.05) is 12.8 Å². The Bertz CT molecular complexity index is 1300. The predicted molar refractivity (Wildman–Crippen MR) is 234 cm³/mol. The monoisotopic (exact) mass is 835 g/mol. The number of hydrogen-bond donors (Lipinski definition) is 4. The van der Waals surface area contributed by atoms with Gasteiger partial charge in [-0.3, -0.25) is 18.6 Å². The van der Waals surface area contributed by atoms with E-state index in [1.54, 1.807) is 6.08 Å². The van der Waals surface area contributed by atoms with Gasteiger partial charge in [-0.25, -0.2) is 4.57 Å². The van der Waals surface area contributed by atoms with Crippen molar-refractivity contribution in [2.75, 3.05) is 26.4 Å². The van der Waals surface area contributed by atoms with E-state index in [1.807, 2.05) is 54.7 Å². The fourth-order valence-electron chi connectivity index (χ4n) is 5.01. The summed E-state index contributed by atoms with van der Waals surface area (Å²) < 4.78 is 32.5. The first kappa shape index (κ1) is 54.9. The van der Waals surface area contributed by atoms with Gasteiger partial charge in [0.05, 0.1) is 25.9 Å². The molecule has 0 heterocycles. The van der Waals surface area contributed by atoms with Crippen molar-refractivity contribution < 1.29 is 52.9 Å². The van der Waals surface area contributed by atoms with E-state index in [0.717, 1.165) is 32.1 Å². The van der Waals surface area contributed by atoms with E-state index in [4.69, 9.17) is 19.1 Å². The highest BCUT2D eigenvalue weighted by Crippen LogP contribution is 2.43. The van der Waals surface area contributed by atoms with Crippen LogP contribution >= 0.6 is 7.82 Å². The van der Waals surface area contributed by atoms with Crippen molar-refractivity contribution in [3.8, 4) is 0 Å². The molecule has 11 nitrogen and oxygen atoms in total. The van der Waals surface area contributed by atoms with Crippen molar-refractivity contribution in [2.45, 2.75) is 154 Å². The Balaban J connectivity index is 4.57. The molecular formula is C46H75O11P. The molecule has 0 aromatic carbocycles. The second kappa shape index (κ2) is 40.6. The molecule has 0 saturated heterocycles. The third kappa shape index (κ3) is 39.7. The molecule has 0 rings (SSSR count). The smallest absolute Gasteiger partial charge is 0.462 e. The number of carbonyl (C=O) groups is 2. The highest BCUT2D eigenvalue weighted by atomic mass is 31.2. The van der Waals surface area contributed by atoms with Crippen LogP contribution in [-0.2, 0) is 32.7 Å². The summed E-state index contributed by atoms with van der Waals surface area (Å²) in [4.78, 5) is 34.9. The molecule has 4 N–H and O–H groups in total. The molecule has 0 fully saturated rings. The van der Waals surface area contributed by atoms with Gasteiger partial charge in [-0.1, -0.05) is 143 Å². The molecule has 330 valence electrons. The van der Waals surface area contributed by atoms with Gasteiger partial charge < -0.3 is 29.7 Å². The molecule has 0 aromatic heterocycles. The number of hydrogen-bond acceptors (Lipinski definition) is 10. The molecule has 0 aliphatic rings. The van der Waals surface area contributed by atoms with Crippen molar-refractivity contribution in [3.05, 3.63) is 97.2 Å². The molecule has 4 atom stereocenters. The molecule has 0 saturated carbocycles. The molecule has 0 spiro atoms. The van der Waals surface area contributed by atoms with Gasteiger partial charge in [0.2, 0.25) is 0 Å². The third-order valence-electron chi connectivity index (χ3n) is 8.30. The van der Waals surface area contributed by atoms with Crippen LogP contribution in [0.2, 0.25) is 0 Å². The number of unbranched alkanes of at least 4 members (excludes halogenated alkanes) is 8. The maximum absolute atomic E-state index is 12.6. The van der Waals surface area contributed by atoms with E-state index in [1.165, 1.54) is 38.5 Å². The van der Waals surface area contributed by atoms with Gasteiger partial charge in [0.1, 0.15) is 12.7 Å². The Hall–Kier alpha value is -3.15. The summed E-state index contributed by atoms with van der Waals surface area (Å²) in [6.45, 7) is 2.02. The van der Waals surface area contributed by atoms with Crippen molar-refractivity contribution in [2.24, 2.45) is 0 Å². The lowest BCUT2D eigenvalue weighted by Gasteiger charge is -2.20. The molecule has 2 unspecified atom stereocenters. The Morgan fingerprint density at radius 1 is 0.603 bits per heavy atom. The number of aliphatic hydroxyl groups excluding tert-OH is 3. The Morgan fingerprint density at radius 2 is 1.14 bits per heavy atom. The van der Waals surface area contributed by atoms with Crippen LogP contribution in [-0.4, -0.2) is 76.9 Å². The fraction of sp³-hybridized carbons (Fsp3) is 0.609. The van der Waals surface area contributed by atoms with Gasteiger partial charge >= 0.3 is 19.8 Å². The minimum atomic E-state index is -4.66. The van der Waals surface area contributed by atoms with E-state index in [0.29, 0.717) is 38.5 Å². The Labute approximate surface area is 349 Å². The highest BCUT2D eigenvalue weighted by Gasteiger charge is 2.27. The van der Waals surface area contributed by atoms with Crippen LogP contribution in [0.5, 0.6) is 0 Å². The number of phosphoric acid groups is 1. The zero-order chi connectivity index (χ0) is 42.8. The molecule has 0 aliphatic heterocycles. The number of rotatable bonds is 38. The number of phosphoric ester groups is 1. The summed E-state index contributed by atoms with van der Waals surface area (Å²) in [5.74, 6) is -1.10.